The molecule has 0 atom stereocenters. The summed E-state index contributed by atoms with van der Waals surface area (Å²) in [7, 11) is 0. The van der Waals surface area contributed by atoms with Crippen LogP contribution in [0.4, 0.5) is 9.18 Å². The number of nitrogens with one attached hydrogen (secondary N) is 2. The lowest BCUT2D eigenvalue weighted by molar-refractivity contribution is -0.136. The summed E-state index contributed by atoms with van der Waals surface area (Å²) in [6, 6.07) is 15.4. The van der Waals surface area contributed by atoms with Crippen LogP contribution in [0.5, 0.6) is 0 Å². The topological polar surface area (TPSA) is 81.8 Å². The quantitative estimate of drug-likeness (QED) is 0.696. The standard InChI is InChI=1S/C23H25FN4O3/c24-19-8-6-17(7-9-19)14-25-20(29)16-28-21(30)23(26-22(28)31)10-12-27(13-11-23)15-18-4-2-1-3-5-18/h1-9H,10-16H2,(H,25,29)(H,26,31). The van der Waals surface area contributed by atoms with Gasteiger partial charge >= 0.3 is 6.03 Å². The van der Waals surface area contributed by atoms with E-state index in [4.69, 9.17) is 0 Å². The van der Waals surface area contributed by atoms with Crippen LogP contribution in [0, 0.1) is 5.82 Å². The van der Waals surface area contributed by atoms with Crippen molar-refractivity contribution >= 4 is 17.8 Å². The van der Waals surface area contributed by atoms with Crippen molar-refractivity contribution in [2.24, 2.45) is 0 Å². The van der Waals surface area contributed by atoms with Crippen molar-refractivity contribution in [1.29, 1.82) is 0 Å². The second kappa shape index (κ2) is 8.85. The maximum absolute atomic E-state index is 13.0. The summed E-state index contributed by atoms with van der Waals surface area (Å²) in [5.74, 6) is -1.13. The van der Waals surface area contributed by atoms with Gasteiger partial charge in [0.2, 0.25) is 5.91 Å². The number of hydrogen-bond acceptors (Lipinski definition) is 4. The van der Waals surface area contributed by atoms with Gasteiger partial charge in [0.1, 0.15) is 17.9 Å². The zero-order valence-corrected chi connectivity index (χ0v) is 17.1. The number of carbonyl (C=O) groups excluding carboxylic acids is 3. The fourth-order valence-electron chi connectivity index (χ4n) is 4.10. The third kappa shape index (κ3) is 4.74. The number of amides is 4. The van der Waals surface area contributed by atoms with Gasteiger partial charge in [0.25, 0.3) is 5.91 Å². The number of hydrogen-bond donors (Lipinski definition) is 2. The van der Waals surface area contributed by atoms with E-state index in [1.807, 2.05) is 18.2 Å². The van der Waals surface area contributed by atoms with E-state index in [-0.39, 0.29) is 24.8 Å². The Kier molecular flexibility index (Phi) is 5.99. The predicted molar refractivity (Wildman–Crippen MR) is 112 cm³/mol. The highest BCUT2D eigenvalue weighted by Crippen LogP contribution is 2.30. The molecular formula is C23H25FN4O3. The highest BCUT2D eigenvalue weighted by atomic mass is 19.1. The lowest BCUT2D eigenvalue weighted by Gasteiger charge is -2.37. The monoisotopic (exact) mass is 424 g/mol. The van der Waals surface area contributed by atoms with Gasteiger partial charge in [-0.25, -0.2) is 9.18 Å². The fourth-order valence-corrected chi connectivity index (χ4v) is 4.10. The van der Waals surface area contributed by atoms with Gasteiger partial charge in [0.05, 0.1) is 0 Å². The van der Waals surface area contributed by atoms with Gasteiger partial charge in [-0.3, -0.25) is 19.4 Å². The number of carbonyl (C=O) groups is 3. The molecule has 2 aliphatic heterocycles. The van der Waals surface area contributed by atoms with E-state index in [0.29, 0.717) is 25.9 Å². The summed E-state index contributed by atoms with van der Waals surface area (Å²) in [5, 5.41) is 5.50. The number of likely N-dealkylation sites (tertiary alicyclic amines) is 1. The van der Waals surface area contributed by atoms with Gasteiger partial charge in [-0.1, -0.05) is 42.5 Å². The van der Waals surface area contributed by atoms with Crippen molar-refractivity contribution in [3.05, 3.63) is 71.5 Å². The number of piperidine rings is 1. The summed E-state index contributed by atoms with van der Waals surface area (Å²) < 4.78 is 13.0. The number of imide groups is 1. The Hall–Kier alpha value is -3.26. The Morgan fingerprint density at radius 1 is 1.00 bits per heavy atom. The molecule has 8 heteroatoms. The van der Waals surface area contributed by atoms with E-state index in [0.717, 1.165) is 17.0 Å². The van der Waals surface area contributed by atoms with E-state index in [1.165, 1.54) is 17.7 Å². The van der Waals surface area contributed by atoms with Crippen molar-refractivity contribution < 1.29 is 18.8 Å². The minimum absolute atomic E-state index is 0.197. The molecule has 162 valence electrons. The number of rotatable bonds is 6. The third-order valence-electron chi connectivity index (χ3n) is 5.91. The van der Waals surface area contributed by atoms with Gasteiger partial charge in [0, 0.05) is 26.2 Å². The van der Waals surface area contributed by atoms with Crippen LogP contribution in [-0.4, -0.2) is 52.8 Å². The Bertz CT molecular complexity index is 957. The third-order valence-corrected chi connectivity index (χ3v) is 5.91. The first-order chi connectivity index (χ1) is 14.9. The zero-order chi connectivity index (χ0) is 21.8. The Labute approximate surface area is 180 Å². The van der Waals surface area contributed by atoms with Crippen LogP contribution >= 0.6 is 0 Å². The van der Waals surface area contributed by atoms with E-state index >= 15 is 0 Å². The highest BCUT2D eigenvalue weighted by Gasteiger charge is 2.52. The molecule has 0 aliphatic carbocycles. The van der Waals surface area contributed by atoms with Crippen LogP contribution in [0.3, 0.4) is 0 Å². The molecule has 0 saturated carbocycles. The summed E-state index contributed by atoms with van der Waals surface area (Å²) in [6.07, 6.45) is 1.02. The van der Waals surface area contributed by atoms with Crippen LogP contribution in [-0.2, 0) is 22.7 Å². The van der Waals surface area contributed by atoms with Crippen molar-refractivity contribution in [3.63, 3.8) is 0 Å². The summed E-state index contributed by atoms with van der Waals surface area (Å²) >= 11 is 0. The SMILES string of the molecule is O=C(CN1C(=O)NC2(CCN(Cc3ccccc3)CC2)C1=O)NCc1ccc(F)cc1. The zero-order valence-electron chi connectivity index (χ0n) is 17.1. The predicted octanol–water partition coefficient (Wildman–Crippen LogP) is 2.03. The molecule has 4 rings (SSSR count). The van der Waals surface area contributed by atoms with Crippen molar-refractivity contribution in [2.75, 3.05) is 19.6 Å². The molecule has 0 radical (unpaired) electrons. The first kappa shape index (κ1) is 21.0. The van der Waals surface area contributed by atoms with Crippen LogP contribution in [0.25, 0.3) is 0 Å². The molecule has 1 spiro atoms. The van der Waals surface area contributed by atoms with Gasteiger partial charge in [0.15, 0.2) is 0 Å². The average molecular weight is 424 g/mol. The van der Waals surface area contributed by atoms with Crippen LogP contribution in [0.15, 0.2) is 54.6 Å². The number of benzene rings is 2. The first-order valence-corrected chi connectivity index (χ1v) is 10.4. The maximum atomic E-state index is 13.0. The van der Waals surface area contributed by atoms with Crippen LogP contribution in [0.2, 0.25) is 0 Å². The maximum Gasteiger partial charge on any atom is 0.325 e. The molecule has 0 bridgehead atoms. The largest absolute Gasteiger partial charge is 0.350 e. The molecule has 31 heavy (non-hydrogen) atoms. The Morgan fingerprint density at radius 2 is 1.68 bits per heavy atom. The summed E-state index contributed by atoms with van der Waals surface area (Å²) in [5.41, 5.74) is 1.01. The smallest absolute Gasteiger partial charge is 0.325 e. The molecule has 2 aliphatic rings. The van der Waals surface area contributed by atoms with E-state index in [2.05, 4.69) is 27.7 Å². The average Bonchev–Trinajstić information content (AvgIpc) is 3.00. The van der Waals surface area contributed by atoms with E-state index in [1.54, 1.807) is 12.1 Å². The molecule has 0 aromatic heterocycles. The Morgan fingerprint density at radius 3 is 2.35 bits per heavy atom. The van der Waals surface area contributed by atoms with Crippen LogP contribution < -0.4 is 10.6 Å². The Balaban J connectivity index is 1.30. The van der Waals surface area contributed by atoms with Gasteiger partial charge in [-0.15, -0.1) is 0 Å². The van der Waals surface area contributed by atoms with E-state index < -0.39 is 17.5 Å². The highest BCUT2D eigenvalue weighted by molar-refractivity contribution is 6.09. The normalized spacial score (nSPS) is 18.3. The lowest BCUT2D eigenvalue weighted by Crippen LogP contribution is -2.54. The number of urea groups is 1. The molecule has 2 aromatic carbocycles. The summed E-state index contributed by atoms with van der Waals surface area (Å²) in [4.78, 5) is 41.0. The van der Waals surface area contributed by atoms with E-state index in [9.17, 15) is 18.8 Å². The molecule has 7 nitrogen and oxygen atoms in total. The van der Waals surface area contributed by atoms with Crippen molar-refractivity contribution in [2.45, 2.75) is 31.5 Å². The molecule has 2 fully saturated rings. The molecular weight excluding hydrogens is 399 g/mol. The minimum atomic E-state index is -0.929. The minimum Gasteiger partial charge on any atom is -0.350 e. The lowest BCUT2D eigenvalue weighted by atomic mass is 9.87. The van der Waals surface area contributed by atoms with Gasteiger partial charge in [-0.2, -0.15) is 0 Å². The second-order valence-corrected chi connectivity index (χ2v) is 8.07. The fraction of sp³-hybridized carbons (Fsp3) is 0.348. The van der Waals surface area contributed by atoms with Gasteiger partial charge in [-0.05, 0) is 36.1 Å². The molecule has 2 aromatic rings. The summed E-state index contributed by atoms with van der Waals surface area (Å²) in [6.45, 7) is 2.04. The second-order valence-electron chi connectivity index (χ2n) is 8.07. The molecule has 2 N–H and O–H groups in total. The first-order valence-electron chi connectivity index (χ1n) is 10.4. The number of nitrogens with zero attached hydrogens (tertiary/aromatic N) is 2. The molecule has 2 saturated heterocycles. The van der Waals surface area contributed by atoms with Crippen molar-refractivity contribution in [3.8, 4) is 0 Å². The van der Waals surface area contributed by atoms with Crippen molar-refractivity contribution in [1.82, 2.24) is 20.4 Å². The molecule has 4 amide bonds. The van der Waals surface area contributed by atoms with Crippen LogP contribution in [0.1, 0.15) is 24.0 Å². The number of halogens is 1. The molecule has 2 heterocycles. The van der Waals surface area contributed by atoms with Gasteiger partial charge < -0.3 is 10.6 Å². The molecule has 0 unspecified atom stereocenters.